The van der Waals surface area contributed by atoms with Crippen molar-refractivity contribution in [2.24, 2.45) is 5.73 Å². The number of hydrogen-bond acceptors (Lipinski definition) is 6. The van der Waals surface area contributed by atoms with Gasteiger partial charge in [-0.05, 0) is 13.3 Å². The van der Waals surface area contributed by atoms with Crippen molar-refractivity contribution in [1.29, 1.82) is 0 Å². The molecule has 0 aromatic rings. The Bertz CT molecular complexity index is 375. The average molecular weight is 305 g/mol. The fourth-order valence-electron chi connectivity index (χ4n) is 1.26. The molecule has 0 spiro atoms. The molecule has 0 fully saturated rings. The molecule has 0 radical (unpaired) electrons. The van der Waals surface area contributed by atoms with E-state index in [4.69, 9.17) is 10.8 Å². The summed E-state index contributed by atoms with van der Waals surface area (Å²) in [6.07, 6.45) is 0.717. The third-order valence-electron chi connectivity index (χ3n) is 2.42. The molecule has 0 saturated heterocycles. The molecule has 3 unspecified atom stereocenters. The lowest BCUT2D eigenvalue weighted by Crippen LogP contribution is -2.54. The van der Waals surface area contributed by atoms with E-state index in [-0.39, 0.29) is 18.6 Å². The minimum absolute atomic E-state index is 0.0515. The van der Waals surface area contributed by atoms with Crippen LogP contribution in [0.3, 0.4) is 0 Å². The van der Waals surface area contributed by atoms with E-state index in [1.165, 1.54) is 6.92 Å². The predicted molar refractivity (Wildman–Crippen MR) is 74.3 cm³/mol. The zero-order valence-corrected chi connectivity index (χ0v) is 11.9. The highest BCUT2D eigenvalue weighted by molar-refractivity contribution is 7.80. The number of nitrogens with two attached hydrogens (primary N) is 1. The maximum atomic E-state index is 11.9. The molecular weight excluding hydrogens is 286 g/mol. The average Bonchev–Trinajstić information content (AvgIpc) is 2.39. The number of hydrogen-bond donors (Lipinski definition) is 5. The Labute approximate surface area is 121 Å². The van der Waals surface area contributed by atoms with Gasteiger partial charge in [0.25, 0.3) is 0 Å². The van der Waals surface area contributed by atoms with Crippen molar-refractivity contribution in [3.63, 3.8) is 0 Å². The second-order valence-electron chi connectivity index (χ2n) is 4.18. The maximum Gasteiger partial charge on any atom is 0.327 e. The molecule has 0 rings (SSSR count). The Morgan fingerprint density at radius 3 is 2.20 bits per heavy atom. The largest absolute Gasteiger partial charge is 0.480 e. The Balaban J connectivity index is 4.74. The van der Waals surface area contributed by atoms with Gasteiger partial charge in [0.05, 0.1) is 6.04 Å². The molecule has 0 aromatic carbocycles. The molecular formula is C11H19N3O5S. The van der Waals surface area contributed by atoms with Crippen molar-refractivity contribution in [2.75, 3.05) is 5.75 Å². The van der Waals surface area contributed by atoms with Crippen LogP contribution in [-0.4, -0.2) is 53.1 Å². The summed E-state index contributed by atoms with van der Waals surface area (Å²) in [6, 6.07) is -3.00. The summed E-state index contributed by atoms with van der Waals surface area (Å²) in [5, 5.41) is 13.4. The molecule has 9 heteroatoms. The van der Waals surface area contributed by atoms with Crippen molar-refractivity contribution >= 4 is 36.7 Å². The van der Waals surface area contributed by atoms with Crippen molar-refractivity contribution in [2.45, 2.75) is 37.9 Å². The number of carboxylic acid groups (broad SMARTS) is 1. The van der Waals surface area contributed by atoms with Crippen LogP contribution in [0.2, 0.25) is 0 Å². The van der Waals surface area contributed by atoms with Crippen LogP contribution in [0, 0.1) is 0 Å². The van der Waals surface area contributed by atoms with E-state index in [1.807, 2.05) is 0 Å². The van der Waals surface area contributed by atoms with Gasteiger partial charge in [0.15, 0.2) is 0 Å². The molecule has 5 N–H and O–H groups in total. The van der Waals surface area contributed by atoms with Crippen molar-refractivity contribution in [3.05, 3.63) is 0 Å². The summed E-state index contributed by atoms with van der Waals surface area (Å²) in [6.45, 7) is 1.44. The predicted octanol–water partition coefficient (Wildman–Crippen LogP) is -1.70. The number of nitrogens with one attached hydrogen (secondary N) is 2. The van der Waals surface area contributed by atoms with Crippen molar-refractivity contribution in [1.82, 2.24) is 10.6 Å². The first-order valence-electron chi connectivity index (χ1n) is 5.97. The van der Waals surface area contributed by atoms with E-state index >= 15 is 0 Å². The van der Waals surface area contributed by atoms with E-state index in [1.54, 1.807) is 0 Å². The molecule has 0 heterocycles. The first-order chi connectivity index (χ1) is 9.33. The lowest BCUT2D eigenvalue weighted by molar-refractivity contribution is -0.141. The monoisotopic (exact) mass is 305 g/mol. The summed E-state index contributed by atoms with van der Waals surface area (Å²) < 4.78 is 0. The van der Waals surface area contributed by atoms with Crippen LogP contribution in [0.15, 0.2) is 0 Å². The molecule has 0 saturated carbocycles. The molecule has 114 valence electrons. The van der Waals surface area contributed by atoms with Crippen LogP contribution in [0.25, 0.3) is 0 Å². The van der Waals surface area contributed by atoms with Crippen LogP contribution in [0.4, 0.5) is 0 Å². The normalized spacial score (nSPS) is 14.8. The van der Waals surface area contributed by atoms with Crippen LogP contribution in [-0.2, 0) is 19.2 Å². The maximum absolute atomic E-state index is 11.9. The minimum atomic E-state index is -1.24. The zero-order chi connectivity index (χ0) is 15.7. The smallest absolute Gasteiger partial charge is 0.327 e. The summed E-state index contributed by atoms with van der Waals surface area (Å²) in [5.74, 6) is -2.58. The number of carbonyl (C=O) groups is 4. The van der Waals surface area contributed by atoms with Gasteiger partial charge in [-0.2, -0.15) is 12.6 Å². The molecule has 0 aliphatic heterocycles. The number of thiol groups is 1. The minimum Gasteiger partial charge on any atom is -0.480 e. The van der Waals surface area contributed by atoms with E-state index < -0.39 is 35.9 Å². The van der Waals surface area contributed by atoms with E-state index in [2.05, 4.69) is 23.3 Å². The number of aliphatic carboxylic acids is 1. The van der Waals surface area contributed by atoms with Crippen molar-refractivity contribution in [3.8, 4) is 0 Å². The van der Waals surface area contributed by atoms with Gasteiger partial charge >= 0.3 is 5.97 Å². The topological polar surface area (TPSA) is 139 Å². The zero-order valence-electron chi connectivity index (χ0n) is 11.0. The number of carbonyl (C=O) groups excluding carboxylic acids is 3. The first kappa shape index (κ1) is 18.4. The fraction of sp³-hybridized carbons (Fsp3) is 0.636. The van der Waals surface area contributed by atoms with Crippen LogP contribution in [0.1, 0.15) is 19.8 Å². The van der Waals surface area contributed by atoms with Gasteiger partial charge in [-0.15, -0.1) is 0 Å². The third-order valence-corrected chi connectivity index (χ3v) is 2.78. The highest BCUT2D eigenvalue weighted by atomic mass is 32.1. The SMILES string of the molecule is CC(N)C(=O)NC(CCC=O)C(=O)NC(CS)C(=O)O. The van der Waals surface area contributed by atoms with E-state index in [0.29, 0.717) is 6.29 Å². The molecule has 3 atom stereocenters. The summed E-state index contributed by atoms with van der Waals surface area (Å²) in [4.78, 5) is 44.5. The van der Waals surface area contributed by atoms with Gasteiger partial charge in [0, 0.05) is 12.2 Å². The third kappa shape index (κ3) is 6.53. The summed E-state index contributed by atoms with van der Waals surface area (Å²) >= 11 is 3.81. The van der Waals surface area contributed by atoms with Gasteiger partial charge in [-0.25, -0.2) is 4.79 Å². The number of amides is 2. The van der Waals surface area contributed by atoms with Gasteiger partial charge < -0.3 is 26.3 Å². The van der Waals surface area contributed by atoms with E-state index in [9.17, 15) is 19.2 Å². The van der Waals surface area contributed by atoms with Crippen LogP contribution in [0.5, 0.6) is 0 Å². The van der Waals surface area contributed by atoms with Crippen LogP contribution < -0.4 is 16.4 Å². The highest BCUT2D eigenvalue weighted by Crippen LogP contribution is 1.99. The second-order valence-corrected chi connectivity index (χ2v) is 4.54. The number of aldehydes is 1. The molecule has 0 bridgehead atoms. The standard InChI is InChI=1S/C11H19N3O5S/c1-6(12)9(16)13-7(3-2-4-15)10(17)14-8(5-20)11(18)19/h4,6-8,20H,2-3,5,12H2,1H3,(H,13,16)(H,14,17)(H,18,19). The Morgan fingerprint density at radius 1 is 1.25 bits per heavy atom. The molecule has 0 aliphatic carbocycles. The lowest BCUT2D eigenvalue weighted by atomic mass is 10.1. The number of rotatable bonds is 9. The second kappa shape index (κ2) is 9.32. The van der Waals surface area contributed by atoms with Gasteiger partial charge in [0.1, 0.15) is 18.4 Å². The quantitative estimate of drug-likeness (QED) is 0.254. The van der Waals surface area contributed by atoms with Gasteiger partial charge in [-0.3, -0.25) is 9.59 Å². The Kier molecular flexibility index (Phi) is 8.57. The lowest BCUT2D eigenvalue weighted by Gasteiger charge is -2.21. The Morgan fingerprint density at radius 2 is 1.80 bits per heavy atom. The molecule has 2 amide bonds. The molecule has 8 nitrogen and oxygen atoms in total. The fourth-order valence-corrected chi connectivity index (χ4v) is 1.51. The van der Waals surface area contributed by atoms with E-state index in [0.717, 1.165) is 0 Å². The molecule has 0 aromatic heterocycles. The number of carboxylic acids is 1. The van der Waals surface area contributed by atoms with Crippen LogP contribution >= 0.6 is 12.6 Å². The summed E-state index contributed by atoms with van der Waals surface area (Å²) in [7, 11) is 0. The van der Waals surface area contributed by atoms with Gasteiger partial charge in [-0.1, -0.05) is 0 Å². The van der Waals surface area contributed by atoms with Gasteiger partial charge in [0.2, 0.25) is 11.8 Å². The highest BCUT2D eigenvalue weighted by Gasteiger charge is 2.26. The molecule has 20 heavy (non-hydrogen) atoms. The Hall–Kier alpha value is -1.61. The summed E-state index contributed by atoms with van der Waals surface area (Å²) in [5.41, 5.74) is 5.37. The molecule has 0 aliphatic rings. The van der Waals surface area contributed by atoms with Crippen molar-refractivity contribution < 1.29 is 24.3 Å². The first-order valence-corrected chi connectivity index (χ1v) is 6.60.